The Labute approximate surface area is 132 Å². The van der Waals surface area contributed by atoms with Gasteiger partial charge in [-0.05, 0) is 17.7 Å². The second-order valence-electron chi connectivity index (χ2n) is 5.33. The zero-order valence-corrected chi connectivity index (χ0v) is 12.6. The summed E-state index contributed by atoms with van der Waals surface area (Å²) in [5, 5.41) is 4.54. The Morgan fingerprint density at radius 2 is 2.14 bits per heavy atom. The number of H-pyrrole nitrogens is 1. The summed E-state index contributed by atoms with van der Waals surface area (Å²) in [6.07, 6.45) is 5.43. The van der Waals surface area contributed by atoms with Gasteiger partial charge in [0, 0.05) is 40.8 Å². The lowest BCUT2D eigenvalue weighted by atomic mass is 10.0. The molecule has 0 radical (unpaired) electrons. The number of hydrogen-bond donors (Lipinski definition) is 2. The number of aromatic amines is 1. The third-order valence-corrected chi connectivity index (χ3v) is 5.21. The zero-order chi connectivity index (χ0) is 14.9. The van der Waals surface area contributed by atoms with Gasteiger partial charge in [-0.3, -0.25) is 15.1 Å². The molecule has 3 heterocycles. The number of aromatic nitrogens is 2. The molecule has 1 fully saturated rings. The predicted molar refractivity (Wildman–Crippen MR) is 89.0 cm³/mol. The first-order valence-corrected chi connectivity index (χ1v) is 8.26. The molecule has 3 aromatic rings. The number of nitrogens with zero attached hydrogens (tertiary/aromatic N) is 1. The number of thioether (sulfide) groups is 1. The molecule has 0 amide bonds. The highest BCUT2D eigenvalue weighted by atomic mass is 32.2. The van der Waals surface area contributed by atoms with Crippen LogP contribution < -0.4 is 5.32 Å². The average Bonchev–Trinajstić information content (AvgIpc) is 3.22. The van der Waals surface area contributed by atoms with E-state index < -0.39 is 0 Å². The number of Topliss-reactive ketones (excluding diaryl/α,β-unsaturated/α-hetero) is 1. The molecule has 0 spiro atoms. The van der Waals surface area contributed by atoms with Crippen LogP contribution in [0.4, 0.5) is 0 Å². The highest BCUT2D eigenvalue weighted by Crippen LogP contribution is 2.33. The minimum absolute atomic E-state index is 0.132. The largest absolute Gasteiger partial charge is 0.360 e. The second-order valence-corrected chi connectivity index (χ2v) is 6.47. The van der Waals surface area contributed by atoms with Gasteiger partial charge in [0.05, 0.1) is 11.4 Å². The first-order chi connectivity index (χ1) is 10.8. The first-order valence-electron chi connectivity index (χ1n) is 7.21. The second kappa shape index (κ2) is 5.59. The molecule has 1 aliphatic heterocycles. The van der Waals surface area contributed by atoms with Crippen molar-refractivity contribution in [2.24, 2.45) is 0 Å². The maximum absolute atomic E-state index is 12.8. The molecule has 1 aliphatic rings. The van der Waals surface area contributed by atoms with Crippen LogP contribution in [-0.4, -0.2) is 27.5 Å². The van der Waals surface area contributed by atoms with E-state index >= 15 is 0 Å². The Bertz CT molecular complexity index is 815. The number of benzene rings is 1. The average molecular weight is 309 g/mol. The van der Waals surface area contributed by atoms with Crippen molar-refractivity contribution >= 4 is 28.4 Å². The van der Waals surface area contributed by atoms with Gasteiger partial charge >= 0.3 is 0 Å². The number of para-hydroxylation sites is 1. The number of carbonyl (C=O) groups excluding carboxylic acids is 1. The van der Waals surface area contributed by atoms with E-state index in [0.717, 1.165) is 27.8 Å². The Morgan fingerprint density at radius 3 is 3.00 bits per heavy atom. The number of rotatable bonds is 3. The molecule has 0 unspecified atom stereocenters. The number of fused-ring (bicyclic) bond motifs is 1. The Kier molecular flexibility index (Phi) is 3.44. The minimum Gasteiger partial charge on any atom is -0.360 e. The van der Waals surface area contributed by atoms with Crippen molar-refractivity contribution in [1.29, 1.82) is 0 Å². The molecule has 1 saturated heterocycles. The van der Waals surface area contributed by atoms with Crippen LogP contribution in [0.15, 0.2) is 55.0 Å². The minimum atomic E-state index is -0.158. The van der Waals surface area contributed by atoms with Crippen LogP contribution in [0, 0.1) is 0 Å². The Balaban J connectivity index is 1.57. The summed E-state index contributed by atoms with van der Waals surface area (Å²) in [7, 11) is 0. The third-order valence-electron chi connectivity index (χ3n) is 3.94. The van der Waals surface area contributed by atoms with Crippen molar-refractivity contribution in [1.82, 2.24) is 15.3 Å². The van der Waals surface area contributed by atoms with Gasteiger partial charge < -0.3 is 4.98 Å². The lowest BCUT2D eigenvalue weighted by Gasteiger charge is -2.12. The zero-order valence-electron chi connectivity index (χ0n) is 11.8. The SMILES string of the molecule is O=C(c1c[nH]c2ccccc12)[C@@H]1CS[C@H](c2cccnc2)N1. The fourth-order valence-corrected chi connectivity index (χ4v) is 4.03. The summed E-state index contributed by atoms with van der Waals surface area (Å²) in [6, 6.07) is 11.7. The van der Waals surface area contributed by atoms with E-state index in [1.54, 1.807) is 18.0 Å². The molecule has 0 saturated carbocycles. The number of hydrogen-bond acceptors (Lipinski definition) is 4. The highest BCUT2D eigenvalue weighted by molar-refractivity contribution is 7.99. The molecule has 2 atom stereocenters. The molecule has 5 heteroatoms. The maximum Gasteiger partial charge on any atom is 0.182 e. The highest BCUT2D eigenvalue weighted by Gasteiger charge is 2.32. The molecule has 22 heavy (non-hydrogen) atoms. The van der Waals surface area contributed by atoms with Crippen LogP contribution >= 0.6 is 11.8 Å². The fourth-order valence-electron chi connectivity index (χ4n) is 2.81. The molecule has 1 aromatic carbocycles. The normalized spacial score (nSPS) is 21.3. The van der Waals surface area contributed by atoms with Gasteiger partial charge in [-0.2, -0.15) is 0 Å². The van der Waals surface area contributed by atoms with Crippen molar-refractivity contribution in [3.63, 3.8) is 0 Å². The van der Waals surface area contributed by atoms with Crippen LogP contribution in [0.25, 0.3) is 10.9 Å². The summed E-state index contributed by atoms with van der Waals surface area (Å²) < 4.78 is 0. The van der Waals surface area contributed by atoms with Gasteiger partial charge in [0.15, 0.2) is 5.78 Å². The van der Waals surface area contributed by atoms with E-state index in [-0.39, 0.29) is 17.2 Å². The summed E-state index contributed by atoms with van der Waals surface area (Å²) in [5.74, 6) is 0.925. The standard InChI is InChI=1S/C17H15N3OS/c21-16(13-9-19-14-6-2-1-5-12(13)14)15-10-22-17(20-15)11-4-3-7-18-8-11/h1-9,15,17,19-20H,10H2/t15-,17+/m0/s1. The number of carbonyl (C=O) groups is 1. The number of ketones is 1. The lowest BCUT2D eigenvalue weighted by molar-refractivity contribution is 0.0957. The molecule has 2 N–H and O–H groups in total. The van der Waals surface area contributed by atoms with Gasteiger partial charge in [-0.25, -0.2) is 0 Å². The first kappa shape index (κ1) is 13.5. The number of pyridine rings is 1. The van der Waals surface area contributed by atoms with Gasteiger partial charge in [-0.1, -0.05) is 24.3 Å². The molecule has 4 nitrogen and oxygen atoms in total. The summed E-state index contributed by atoms with van der Waals surface area (Å²) in [6.45, 7) is 0. The summed E-state index contributed by atoms with van der Waals surface area (Å²) >= 11 is 1.75. The van der Waals surface area contributed by atoms with Crippen LogP contribution in [0.5, 0.6) is 0 Å². The predicted octanol–water partition coefficient (Wildman–Crippen LogP) is 3.15. The molecular weight excluding hydrogens is 294 g/mol. The third kappa shape index (κ3) is 2.32. The molecule has 0 aliphatic carbocycles. The van der Waals surface area contributed by atoms with E-state index in [4.69, 9.17) is 0 Å². The molecule has 2 aromatic heterocycles. The van der Waals surface area contributed by atoms with Crippen molar-refractivity contribution in [2.75, 3.05) is 5.75 Å². The smallest absolute Gasteiger partial charge is 0.182 e. The Hall–Kier alpha value is -2.11. The maximum atomic E-state index is 12.8. The van der Waals surface area contributed by atoms with E-state index in [1.165, 1.54) is 0 Å². The fraction of sp³-hybridized carbons (Fsp3) is 0.176. The summed E-state index contributed by atoms with van der Waals surface area (Å²) in [5.41, 5.74) is 2.88. The van der Waals surface area contributed by atoms with Crippen LogP contribution in [0.2, 0.25) is 0 Å². The lowest BCUT2D eigenvalue weighted by Crippen LogP contribution is -2.34. The number of nitrogens with one attached hydrogen (secondary N) is 2. The van der Waals surface area contributed by atoms with Crippen molar-refractivity contribution in [3.8, 4) is 0 Å². The van der Waals surface area contributed by atoms with Gasteiger partial charge in [0.1, 0.15) is 0 Å². The van der Waals surface area contributed by atoms with Crippen molar-refractivity contribution in [3.05, 3.63) is 66.1 Å². The molecule has 4 rings (SSSR count). The van der Waals surface area contributed by atoms with Crippen LogP contribution in [0.3, 0.4) is 0 Å². The topological polar surface area (TPSA) is 57.8 Å². The van der Waals surface area contributed by atoms with Gasteiger partial charge in [0.25, 0.3) is 0 Å². The van der Waals surface area contributed by atoms with Crippen molar-refractivity contribution in [2.45, 2.75) is 11.4 Å². The Morgan fingerprint density at radius 1 is 1.23 bits per heavy atom. The van der Waals surface area contributed by atoms with Gasteiger partial charge in [0.2, 0.25) is 0 Å². The monoisotopic (exact) mass is 309 g/mol. The molecule has 110 valence electrons. The van der Waals surface area contributed by atoms with Crippen LogP contribution in [-0.2, 0) is 0 Å². The van der Waals surface area contributed by atoms with E-state index in [2.05, 4.69) is 15.3 Å². The van der Waals surface area contributed by atoms with E-state index in [1.807, 2.05) is 48.8 Å². The van der Waals surface area contributed by atoms with E-state index in [9.17, 15) is 4.79 Å². The molecular formula is C17H15N3OS. The van der Waals surface area contributed by atoms with Crippen LogP contribution in [0.1, 0.15) is 21.3 Å². The molecule has 0 bridgehead atoms. The van der Waals surface area contributed by atoms with Gasteiger partial charge in [-0.15, -0.1) is 11.8 Å². The van der Waals surface area contributed by atoms with Crippen molar-refractivity contribution < 1.29 is 4.79 Å². The van der Waals surface area contributed by atoms with E-state index in [0.29, 0.717) is 0 Å². The quantitative estimate of drug-likeness (QED) is 0.730. The summed E-state index contributed by atoms with van der Waals surface area (Å²) in [4.78, 5) is 20.1.